The summed E-state index contributed by atoms with van der Waals surface area (Å²) in [5.74, 6) is 1.32. The van der Waals surface area contributed by atoms with Gasteiger partial charge in [0.1, 0.15) is 0 Å². The summed E-state index contributed by atoms with van der Waals surface area (Å²) in [5.41, 5.74) is 1.09. The van der Waals surface area contributed by atoms with Gasteiger partial charge in [-0.3, -0.25) is 9.88 Å². The number of benzene rings is 1. The Balaban J connectivity index is 1.40. The van der Waals surface area contributed by atoms with Crippen LogP contribution in [0.1, 0.15) is 11.1 Å². The second-order valence-electron chi connectivity index (χ2n) is 8.23. The average Bonchev–Trinajstić information content (AvgIpc) is 3.28. The smallest absolute Gasteiger partial charge is 0.379 e. The molecule has 1 saturated heterocycles. The standard InChI is InChI=1S/C23H24F3N9O/c24-23(25,26)17-3-1-16(2-4-17)14-35-15-30-19-20(29-7-8-34-9-11-36-12-10-34)32-22(33-21(19)35)31-18-13-27-5-6-28-18/h1-6,13,15H,7-12,14H2,(H2,28,29,31,32,33). The lowest BCUT2D eigenvalue weighted by molar-refractivity contribution is -0.137. The third-order valence-electron chi connectivity index (χ3n) is 5.73. The Bertz CT molecular complexity index is 1290. The number of aromatic nitrogens is 6. The number of morpholine rings is 1. The summed E-state index contributed by atoms with van der Waals surface area (Å²) in [6, 6.07) is 5.05. The third kappa shape index (κ3) is 5.69. The highest BCUT2D eigenvalue weighted by Crippen LogP contribution is 2.29. The number of nitrogens with one attached hydrogen (secondary N) is 2. The molecule has 5 rings (SSSR count). The predicted molar refractivity (Wildman–Crippen MR) is 127 cm³/mol. The van der Waals surface area contributed by atoms with Crippen molar-refractivity contribution in [3.63, 3.8) is 0 Å². The van der Waals surface area contributed by atoms with Crippen LogP contribution in [0.2, 0.25) is 0 Å². The summed E-state index contributed by atoms with van der Waals surface area (Å²) in [7, 11) is 0. The molecule has 10 nitrogen and oxygen atoms in total. The molecule has 188 valence electrons. The van der Waals surface area contributed by atoms with Crippen molar-refractivity contribution < 1.29 is 17.9 Å². The minimum absolute atomic E-state index is 0.295. The lowest BCUT2D eigenvalue weighted by Crippen LogP contribution is -2.39. The van der Waals surface area contributed by atoms with Crippen molar-refractivity contribution in [1.82, 2.24) is 34.4 Å². The first-order valence-electron chi connectivity index (χ1n) is 11.4. The van der Waals surface area contributed by atoms with Gasteiger partial charge < -0.3 is 19.9 Å². The van der Waals surface area contributed by atoms with Gasteiger partial charge in [-0.2, -0.15) is 23.1 Å². The Labute approximate surface area is 204 Å². The molecule has 1 aliphatic rings. The molecule has 4 heterocycles. The van der Waals surface area contributed by atoms with Gasteiger partial charge in [0.2, 0.25) is 5.95 Å². The molecule has 36 heavy (non-hydrogen) atoms. The van der Waals surface area contributed by atoms with Gasteiger partial charge in [-0.05, 0) is 17.7 Å². The number of ether oxygens (including phenoxy) is 1. The van der Waals surface area contributed by atoms with Gasteiger partial charge in [-0.25, -0.2) is 9.97 Å². The molecule has 1 fully saturated rings. The van der Waals surface area contributed by atoms with E-state index in [0.29, 0.717) is 47.4 Å². The Morgan fingerprint density at radius 3 is 2.53 bits per heavy atom. The number of halogens is 3. The van der Waals surface area contributed by atoms with Crippen molar-refractivity contribution in [2.45, 2.75) is 12.7 Å². The van der Waals surface area contributed by atoms with Gasteiger partial charge in [-0.1, -0.05) is 12.1 Å². The van der Waals surface area contributed by atoms with Crippen LogP contribution in [-0.2, 0) is 17.5 Å². The first-order chi connectivity index (χ1) is 17.5. The molecule has 0 unspecified atom stereocenters. The molecule has 4 aromatic rings. The normalized spacial score (nSPS) is 14.8. The van der Waals surface area contributed by atoms with Gasteiger partial charge in [0.05, 0.1) is 37.8 Å². The van der Waals surface area contributed by atoms with Gasteiger partial charge in [0, 0.05) is 38.6 Å². The number of fused-ring (bicyclic) bond motifs is 1. The second-order valence-corrected chi connectivity index (χ2v) is 8.23. The maximum absolute atomic E-state index is 12.9. The molecular weight excluding hydrogens is 475 g/mol. The van der Waals surface area contributed by atoms with Crippen LogP contribution < -0.4 is 10.6 Å². The fourth-order valence-electron chi connectivity index (χ4n) is 3.87. The van der Waals surface area contributed by atoms with Gasteiger partial charge in [0.25, 0.3) is 0 Å². The van der Waals surface area contributed by atoms with Gasteiger partial charge in [0.15, 0.2) is 22.8 Å². The molecule has 0 radical (unpaired) electrons. The molecule has 0 spiro atoms. The highest BCUT2D eigenvalue weighted by atomic mass is 19.4. The van der Waals surface area contributed by atoms with Crippen LogP contribution in [0.3, 0.4) is 0 Å². The van der Waals surface area contributed by atoms with Crippen molar-refractivity contribution >= 4 is 28.7 Å². The summed E-state index contributed by atoms with van der Waals surface area (Å²) in [5, 5.41) is 6.40. The fourth-order valence-corrected chi connectivity index (χ4v) is 3.87. The highest BCUT2D eigenvalue weighted by Gasteiger charge is 2.30. The molecule has 0 saturated carbocycles. The van der Waals surface area contributed by atoms with Crippen molar-refractivity contribution in [1.29, 1.82) is 0 Å². The Kier molecular flexibility index (Phi) is 6.91. The van der Waals surface area contributed by atoms with E-state index in [1.807, 2.05) is 0 Å². The SMILES string of the molecule is FC(F)(F)c1ccc(Cn2cnc3c(NCCN4CCOCC4)nc(Nc4cnccn4)nc32)cc1. The van der Waals surface area contributed by atoms with Crippen molar-refractivity contribution in [2.24, 2.45) is 0 Å². The molecule has 13 heteroatoms. The van der Waals surface area contributed by atoms with Crippen LogP contribution in [0, 0.1) is 0 Å². The Morgan fingerprint density at radius 2 is 1.81 bits per heavy atom. The van der Waals surface area contributed by atoms with Crippen LogP contribution in [0.4, 0.5) is 30.8 Å². The summed E-state index contributed by atoms with van der Waals surface area (Å²) in [6.07, 6.45) is 1.90. The summed E-state index contributed by atoms with van der Waals surface area (Å²) in [6.45, 7) is 4.95. The quantitative estimate of drug-likeness (QED) is 0.378. The number of rotatable bonds is 8. The second kappa shape index (κ2) is 10.4. The van der Waals surface area contributed by atoms with E-state index >= 15 is 0 Å². The van der Waals surface area contributed by atoms with E-state index < -0.39 is 11.7 Å². The number of imidazole rings is 1. The number of nitrogens with zero attached hydrogens (tertiary/aromatic N) is 7. The Hall–Kier alpha value is -3.84. The maximum atomic E-state index is 12.9. The lowest BCUT2D eigenvalue weighted by Gasteiger charge is -2.26. The Morgan fingerprint density at radius 1 is 1.00 bits per heavy atom. The topological polar surface area (TPSA) is 106 Å². The predicted octanol–water partition coefficient (Wildman–Crippen LogP) is 3.17. The van der Waals surface area contributed by atoms with E-state index in [2.05, 4.69) is 40.5 Å². The zero-order chi connectivity index (χ0) is 25.0. The van der Waals surface area contributed by atoms with E-state index in [1.54, 1.807) is 29.5 Å². The molecule has 2 N–H and O–H groups in total. The van der Waals surface area contributed by atoms with Gasteiger partial charge in [-0.15, -0.1) is 0 Å². The highest BCUT2D eigenvalue weighted by molar-refractivity contribution is 5.84. The number of hydrogen-bond acceptors (Lipinski definition) is 9. The third-order valence-corrected chi connectivity index (χ3v) is 5.73. The molecule has 0 atom stereocenters. The summed E-state index contributed by atoms with van der Waals surface area (Å²) < 4.78 is 46.0. The van der Waals surface area contributed by atoms with Crippen LogP contribution >= 0.6 is 0 Å². The van der Waals surface area contributed by atoms with Gasteiger partial charge >= 0.3 is 6.18 Å². The zero-order valence-electron chi connectivity index (χ0n) is 19.2. The lowest BCUT2D eigenvalue weighted by atomic mass is 10.1. The number of anilines is 3. The first-order valence-corrected chi connectivity index (χ1v) is 11.4. The van der Waals surface area contributed by atoms with Crippen molar-refractivity contribution in [3.05, 3.63) is 60.3 Å². The van der Waals surface area contributed by atoms with Crippen LogP contribution in [0.25, 0.3) is 11.2 Å². The molecule has 0 bridgehead atoms. The number of hydrogen-bond donors (Lipinski definition) is 2. The van der Waals surface area contributed by atoms with Crippen molar-refractivity contribution in [3.8, 4) is 0 Å². The summed E-state index contributed by atoms with van der Waals surface area (Å²) >= 11 is 0. The van der Waals surface area contributed by atoms with E-state index in [1.165, 1.54) is 12.1 Å². The van der Waals surface area contributed by atoms with Crippen LogP contribution in [0.5, 0.6) is 0 Å². The minimum atomic E-state index is -4.38. The van der Waals surface area contributed by atoms with Crippen LogP contribution in [0.15, 0.2) is 49.2 Å². The molecule has 0 aliphatic carbocycles. The van der Waals surface area contributed by atoms with Crippen LogP contribution in [-0.4, -0.2) is 73.8 Å². The zero-order valence-corrected chi connectivity index (χ0v) is 19.2. The van der Waals surface area contributed by atoms with E-state index in [0.717, 1.165) is 45.0 Å². The maximum Gasteiger partial charge on any atom is 0.416 e. The molecule has 1 aliphatic heterocycles. The minimum Gasteiger partial charge on any atom is -0.379 e. The largest absolute Gasteiger partial charge is 0.416 e. The molecule has 0 amide bonds. The average molecular weight is 500 g/mol. The monoisotopic (exact) mass is 499 g/mol. The van der Waals surface area contributed by atoms with E-state index in [9.17, 15) is 13.2 Å². The molecule has 1 aromatic carbocycles. The first kappa shape index (κ1) is 23.9. The summed E-state index contributed by atoms with van der Waals surface area (Å²) in [4.78, 5) is 24.2. The van der Waals surface area contributed by atoms with E-state index in [4.69, 9.17) is 4.74 Å². The number of alkyl halides is 3. The fraction of sp³-hybridized carbons (Fsp3) is 0.348. The molecule has 3 aromatic heterocycles. The van der Waals surface area contributed by atoms with E-state index in [-0.39, 0.29) is 0 Å². The van der Waals surface area contributed by atoms with Crippen molar-refractivity contribution in [2.75, 3.05) is 50.0 Å². The molecular formula is C23H24F3N9O.